The lowest BCUT2D eigenvalue weighted by atomic mass is 9.76. The van der Waals surface area contributed by atoms with Crippen LogP contribution in [0, 0.1) is 11.7 Å². The van der Waals surface area contributed by atoms with Gasteiger partial charge in [-0.25, -0.2) is 4.39 Å². The van der Waals surface area contributed by atoms with E-state index in [1.54, 1.807) is 49.4 Å². The number of hydrogen-bond donors (Lipinski definition) is 2. The Hall–Kier alpha value is -2.48. The van der Waals surface area contributed by atoms with Crippen LogP contribution in [0.5, 0.6) is 0 Å². The Morgan fingerprint density at radius 1 is 1.08 bits per heavy atom. The molecular formula is C29H29Cl2FN2O3. The number of aliphatic hydroxyl groups is 1. The molecule has 2 aliphatic rings. The fourth-order valence-electron chi connectivity index (χ4n) is 5.72. The fourth-order valence-corrected chi connectivity index (χ4v) is 5.97. The first kappa shape index (κ1) is 26.1. The van der Waals surface area contributed by atoms with Gasteiger partial charge in [0.25, 0.3) is 5.91 Å². The Labute approximate surface area is 226 Å². The standard InChI is InChI=1S/C29H29Cl2FN2O3/c1-28(36,19-11-13-33-14-12-19)21-15-24-26(25(32)16-21)29(37-2,20-5-9-23(31)10-6-20)34(27(24)35)17-18-3-7-22(30)8-4-18/h3-10,15-16,19,33,36H,11-14,17H2,1-2H3. The molecule has 5 nitrogen and oxygen atoms in total. The van der Waals surface area contributed by atoms with Crippen molar-refractivity contribution in [2.75, 3.05) is 20.2 Å². The van der Waals surface area contributed by atoms with Crippen LogP contribution in [0.3, 0.4) is 0 Å². The predicted molar refractivity (Wildman–Crippen MR) is 142 cm³/mol. The molecule has 0 bridgehead atoms. The SMILES string of the molecule is COC1(c2ccc(Cl)cc2)c2c(F)cc(C(C)(O)C3CCNCC3)cc2C(=O)N1Cc1ccc(Cl)cc1. The number of rotatable bonds is 6. The van der Waals surface area contributed by atoms with E-state index in [0.717, 1.165) is 31.5 Å². The molecule has 8 heteroatoms. The van der Waals surface area contributed by atoms with Crippen LogP contribution in [0.15, 0.2) is 60.7 Å². The number of nitrogens with one attached hydrogen (secondary N) is 1. The minimum absolute atomic E-state index is 0.0590. The maximum Gasteiger partial charge on any atom is 0.257 e. The quantitative estimate of drug-likeness (QED) is 0.410. The predicted octanol–water partition coefficient (Wildman–Crippen LogP) is 5.84. The topological polar surface area (TPSA) is 61.8 Å². The van der Waals surface area contributed by atoms with E-state index < -0.39 is 17.1 Å². The average molecular weight is 543 g/mol. The van der Waals surface area contributed by atoms with Crippen molar-refractivity contribution in [2.24, 2.45) is 5.92 Å². The normalized spacial score (nSPS) is 21.7. The Morgan fingerprint density at radius 2 is 1.68 bits per heavy atom. The van der Waals surface area contributed by atoms with E-state index in [-0.39, 0.29) is 29.5 Å². The van der Waals surface area contributed by atoms with E-state index in [0.29, 0.717) is 21.2 Å². The zero-order valence-electron chi connectivity index (χ0n) is 20.7. The van der Waals surface area contributed by atoms with Crippen LogP contribution in [0.25, 0.3) is 0 Å². The molecule has 3 aromatic carbocycles. The summed E-state index contributed by atoms with van der Waals surface area (Å²) in [6.45, 7) is 3.43. The van der Waals surface area contributed by atoms with Crippen LogP contribution < -0.4 is 5.32 Å². The van der Waals surface area contributed by atoms with Gasteiger partial charge in [-0.15, -0.1) is 0 Å². The third kappa shape index (κ3) is 4.45. The lowest BCUT2D eigenvalue weighted by Crippen LogP contribution is -2.46. The molecule has 1 saturated heterocycles. The molecule has 194 valence electrons. The van der Waals surface area contributed by atoms with Crippen LogP contribution in [-0.2, 0) is 22.6 Å². The number of methoxy groups -OCH3 is 1. The molecule has 0 saturated carbocycles. The lowest BCUT2D eigenvalue weighted by Gasteiger charge is -2.39. The molecule has 2 heterocycles. The van der Waals surface area contributed by atoms with Crippen molar-refractivity contribution in [2.45, 2.75) is 37.6 Å². The third-order valence-corrected chi connectivity index (χ3v) is 8.29. The second-order valence-corrected chi connectivity index (χ2v) is 10.8. The van der Waals surface area contributed by atoms with Gasteiger partial charge < -0.3 is 15.2 Å². The highest BCUT2D eigenvalue weighted by molar-refractivity contribution is 6.30. The zero-order chi connectivity index (χ0) is 26.4. The molecule has 3 aromatic rings. The van der Waals surface area contributed by atoms with Crippen molar-refractivity contribution in [3.63, 3.8) is 0 Å². The average Bonchev–Trinajstić information content (AvgIpc) is 3.15. The number of piperidine rings is 1. The summed E-state index contributed by atoms with van der Waals surface area (Å²) in [7, 11) is 1.46. The van der Waals surface area contributed by atoms with Crippen LogP contribution in [-0.4, -0.2) is 36.1 Å². The van der Waals surface area contributed by atoms with Crippen molar-refractivity contribution in [3.8, 4) is 0 Å². The first-order valence-electron chi connectivity index (χ1n) is 12.3. The van der Waals surface area contributed by atoms with Gasteiger partial charge >= 0.3 is 0 Å². The number of halogens is 3. The summed E-state index contributed by atoms with van der Waals surface area (Å²) in [6, 6.07) is 17.0. The van der Waals surface area contributed by atoms with Gasteiger partial charge in [-0.05, 0) is 86.3 Å². The highest BCUT2D eigenvalue weighted by atomic mass is 35.5. The number of nitrogens with zero attached hydrogens (tertiary/aromatic N) is 1. The molecule has 5 rings (SSSR count). The fraction of sp³-hybridized carbons (Fsp3) is 0.345. The number of carbonyl (C=O) groups excluding carboxylic acids is 1. The maximum atomic E-state index is 16.2. The molecule has 0 radical (unpaired) electrons. The minimum atomic E-state index is -1.53. The molecule has 1 amide bonds. The van der Waals surface area contributed by atoms with Crippen LogP contribution in [0.2, 0.25) is 10.0 Å². The zero-order valence-corrected chi connectivity index (χ0v) is 22.2. The van der Waals surface area contributed by atoms with E-state index in [2.05, 4.69) is 5.32 Å². The summed E-state index contributed by atoms with van der Waals surface area (Å²) in [5.41, 5.74) is -0.757. The Morgan fingerprint density at radius 3 is 2.27 bits per heavy atom. The number of benzene rings is 3. The number of fused-ring (bicyclic) bond motifs is 1. The maximum absolute atomic E-state index is 16.2. The molecule has 0 aliphatic carbocycles. The van der Waals surface area contributed by atoms with Gasteiger partial charge in [0.15, 0.2) is 5.72 Å². The minimum Gasteiger partial charge on any atom is -0.385 e. The van der Waals surface area contributed by atoms with Crippen LogP contribution in [0.4, 0.5) is 4.39 Å². The second-order valence-electron chi connectivity index (χ2n) is 9.93. The summed E-state index contributed by atoms with van der Waals surface area (Å²) in [4.78, 5) is 15.6. The van der Waals surface area contributed by atoms with Gasteiger partial charge in [-0.1, -0.05) is 47.5 Å². The summed E-state index contributed by atoms with van der Waals surface area (Å²) < 4.78 is 22.3. The Balaban J connectivity index is 1.67. The number of amides is 1. The van der Waals surface area contributed by atoms with Gasteiger partial charge in [-0.3, -0.25) is 9.69 Å². The molecule has 1 fully saturated rings. The van der Waals surface area contributed by atoms with Crippen molar-refractivity contribution in [1.82, 2.24) is 10.2 Å². The molecular weight excluding hydrogens is 514 g/mol. The molecule has 2 aliphatic heterocycles. The smallest absolute Gasteiger partial charge is 0.257 e. The highest BCUT2D eigenvalue weighted by Gasteiger charge is 2.54. The largest absolute Gasteiger partial charge is 0.385 e. The summed E-state index contributed by atoms with van der Waals surface area (Å²) >= 11 is 12.2. The van der Waals surface area contributed by atoms with E-state index in [1.165, 1.54) is 18.1 Å². The lowest BCUT2D eigenvalue weighted by molar-refractivity contribution is -0.0882. The van der Waals surface area contributed by atoms with E-state index in [4.69, 9.17) is 27.9 Å². The molecule has 0 spiro atoms. The van der Waals surface area contributed by atoms with Crippen molar-refractivity contribution < 1.29 is 19.0 Å². The number of hydrogen-bond acceptors (Lipinski definition) is 4. The molecule has 2 unspecified atom stereocenters. The Kier molecular flexibility index (Phi) is 7.07. The van der Waals surface area contributed by atoms with Crippen LogP contribution in [0.1, 0.15) is 52.4 Å². The van der Waals surface area contributed by atoms with Gasteiger partial charge in [0.2, 0.25) is 0 Å². The van der Waals surface area contributed by atoms with Crippen LogP contribution >= 0.6 is 23.2 Å². The molecule has 2 N–H and O–H groups in total. The third-order valence-electron chi connectivity index (χ3n) is 7.79. The van der Waals surface area contributed by atoms with Gasteiger partial charge in [-0.2, -0.15) is 0 Å². The molecule has 2 atom stereocenters. The second kappa shape index (κ2) is 10.0. The van der Waals surface area contributed by atoms with E-state index in [9.17, 15) is 9.90 Å². The van der Waals surface area contributed by atoms with Gasteiger partial charge in [0.1, 0.15) is 5.82 Å². The first-order chi connectivity index (χ1) is 17.7. The monoisotopic (exact) mass is 542 g/mol. The first-order valence-corrected chi connectivity index (χ1v) is 13.1. The van der Waals surface area contributed by atoms with E-state index >= 15 is 4.39 Å². The number of ether oxygens (including phenoxy) is 1. The van der Waals surface area contributed by atoms with Crippen molar-refractivity contribution in [1.29, 1.82) is 0 Å². The van der Waals surface area contributed by atoms with Crippen molar-refractivity contribution in [3.05, 3.63) is 104 Å². The van der Waals surface area contributed by atoms with E-state index in [1.807, 2.05) is 12.1 Å². The van der Waals surface area contributed by atoms with Crippen molar-refractivity contribution >= 4 is 29.1 Å². The molecule has 37 heavy (non-hydrogen) atoms. The Bertz CT molecular complexity index is 1310. The summed E-state index contributed by atoms with van der Waals surface area (Å²) in [5, 5.41) is 15.9. The molecule has 0 aromatic heterocycles. The number of carbonyl (C=O) groups is 1. The van der Waals surface area contributed by atoms with Gasteiger partial charge in [0.05, 0.1) is 16.7 Å². The summed E-state index contributed by atoms with van der Waals surface area (Å²) in [5.74, 6) is -1.05. The summed E-state index contributed by atoms with van der Waals surface area (Å²) in [6.07, 6.45) is 1.52. The highest BCUT2D eigenvalue weighted by Crippen LogP contribution is 2.49. The van der Waals surface area contributed by atoms with Gasteiger partial charge in [0, 0.05) is 29.3 Å².